The zero-order valence-electron chi connectivity index (χ0n) is 14.0. The Morgan fingerprint density at radius 3 is 2.12 bits per heavy atom. The molecule has 2 amide bonds. The summed E-state index contributed by atoms with van der Waals surface area (Å²) in [6.07, 6.45) is 1.25. The quantitative estimate of drug-likeness (QED) is 0.843. The van der Waals surface area contributed by atoms with Gasteiger partial charge in [-0.2, -0.15) is 0 Å². The van der Waals surface area contributed by atoms with Crippen LogP contribution in [0.25, 0.3) is 0 Å². The third-order valence-electron chi connectivity index (χ3n) is 4.49. The molecular weight excluding hydrogens is 336 g/mol. The summed E-state index contributed by atoms with van der Waals surface area (Å²) in [6.45, 7) is 2.23. The molecule has 1 heterocycles. The third-order valence-corrected chi connectivity index (χ3v) is 4.82. The van der Waals surface area contributed by atoms with Gasteiger partial charge in [-0.25, -0.2) is 0 Å². The number of piperazine rings is 1. The Kier molecular flexibility index (Phi) is 5.71. The van der Waals surface area contributed by atoms with Gasteiger partial charge in [-0.1, -0.05) is 54.1 Å². The molecule has 0 unspecified atom stereocenters. The van der Waals surface area contributed by atoms with Gasteiger partial charge in [0.05, 0.1) is 10.6 Å². The second-order valence-corrected chi connectivity index (χ2v) is 6.55. The monoisotopic (exact) mass is 356 g/mol. The largest absolute Gasteiger partial charge is 0.339 e. The van der Waals surface area contributed by atoms with Crippen molar-refractivity contribution >= 4 is 23.4 Å². The highest BCUT2D eigenvalue weighted by atomic mass is 35.5. The van der Waals surface area contributed by atoms with Crippen molar-refractivity contribution in [3.05, 3.63) is 70.7 Å². The van der Waals surface area contributed by atoms with Crippen LogP contribution in [0.2, 0.25) is 5.02 Å². The molecule has 2 aromatic rings. The van der Waals surface area contributed by atoms with E-state index in [0.717, 1.165) is 6.42 Å². The zero-order chi connectivity index (χ0) is 17.6. The summed E-state index contributed by atoms with van der Waals surface area (Å²) in [5.41, 5.74) is 1.69. The predicted octanol–water partition coefficient (Wildman–Crippen LogP) is 3.26. The SMILES string of the molecule is O=C(CCc1ccccc1)N1CCN(C(=O)c2ccccc2Cl)CC1. The topological polar surface area (TPSA) is 40.6 Å². The Balaban J connectivity index is 1.50. The van der Waals surface area contributed by atoms with E-state index in [1.54, 1.807) is 17.0 Å². The first kappa shape index (κ1) is 17.5. The number of halogens is 1. The van der Waals surface area contributed by atoms with E-state index in [9.17, 15) is 9.59 Å². The molecule has 0 spiro atoms. The normalized spacial score (nSPS) is 14.4. The van der Waals surface area contributed by atoms with Gasteiger partial charge in [-0.15, -0.1) is 0 Å². The average molecular weight is 357 g/mol. The minimum atomic E-state index is -0.0676. The highest BCUT2D eigenvalue weighted by Gasteiger charge is 2.25. The first-order valence-electron chi connectivity index (χ1n) is 8.50. The molecule has 0 N–H and O–H groups in total. The zero-order valence-corrected chi connectivity index (χ0v) is 14.8. The van der Waals surface area contributed by atoms with Gasteiger partial charge < -0.3 is 9.80 Å². The van der Waals surface area contributed by atoms with E-state index in [0.29, 0.717) is 43.2 Å². The molecule has 1 aliphatic heterocycles. The van der Waals surface area contributed by atoms with Crippen molar-refractivity contribution < 1.29 is 9.59 Å². The molecule has 130 valence electrons. The second kappa shape index (κ2) is 8.17. The lowest BCUT2D eigenvalue weighted by molar-refractivity contribution is -0.132. The smallest absolute Gasteiger partial charge is 0.255 e. The highest BCUT2D eigenvalue weighted by molar-refractivity contribution is 6.33. The van der Waals surface area contributed by atoms with E-state index in [-0.39, 0.29) is 11.8 Å². The molecule has 1 saturated heterocycles. The molecule has 4 nitrogen and oxygen atoms in total. The maximum atomic E-state index is 12.5. The summed E-state index contributed by atoms with van der Waals surface area (Å²) < 4.78 is 0. The van der Waals surface area contributed by atoms with E-state index >= 15 is 0 Å². The van der Waals surface area contributed by atoms with Gasteiger partial charge in [0.15, 0.2) is 0 Å². The number of hydrogen-bond acceptors (Lipinski definition) is 2. The standard InChI is InChI=1S/C20H21ClN2O2/c21-18-9-5-4-8-17(18)20(25)23-14-12-22(13-15-23)19(24)11-10-16-6-2-1-3-7-16/h1-9H,10-15H2. The fourth-order valence-corrected chi connectivity index (χ4v) is 3.23. The van der Waals surface area contributed by atoms with Crippen molar-refractivity contribution in [3.8, 4) is 0 Å². The Labute approximate surface area is 153 Å². The van der Waals surface area contributed by atoms with E-state index in [4.69, 9.17) is 11.6 Å². The van der Waals surface area contributed by atoms with Gasteiger partial charge in [-0.05, 0) is 24.1 Å². The molecule has 0 aromatic heterocycles. The number of carbonyl (C=O) groups is 2. The van der Waals surface area contributed by atoms with Gasteiger partial charge in [0.2, 0.25) is 5.91 Å². The lowest BCUT2D eigenvalue weighted by Crippen LogP contribution is -2.50. The van der Waals surface area contributed by atoms with Crippen LogP contribution in [0.15, 0.2) is 54.6 Å². The van der Waals surface area contributed by atoms with Crippen molar-refractivity contribution in [3.63, 3.8) is 0 Å². The molecule has 25 heavy (non-hydrogen) atoms. The van der Waals surface area contributed by atoms with Crippen LogP contribution in [0.5, 0.6) is 0 Å². The predicted molar refractivity (Wildman–Crippen MR) is 98.7 cm³/mol. The minimum absolute atomic E-state index is 0.0676. The molecule has 0 bridgehead atoms. The maximum Gasteiger partial charge on any atom is 0.255 e. The molecule has 1 fully saturated rings. The van der Waals surface area contributed by atoms with Crippen molar-refractivity contribution in [2.75, 3.05) is 26.2 Å². The van der Waals surface area contributed by atoms with Gasteiger partial charge in [0.25, 0.3) is 5.91 Å². The van der Waals surface area contributed by atoms with Crippen LogP contribution in [0.3, 0.4) is 0 Å². The number of carbonyl (C=O) groups excluding carboxylic acids is 2. The van der Waals surface area contributed by atoms with Crippen LogP contribution in [-0.4, -0.2) is 47.8 Å². The van der Waals surface area contributed by atoms with Gasteiger partial charge >= 0.3 is 0 Å². The van der Waals surface area contributed by atoms with Crippen molar-refractivity contribution in [1.82, 2.24) is 9.80 Å². The molecule has 0 radical (unpaired) electrons. The number of nitrogens with zero attached hydrogens (tertiary/aromatic N) is 2. The Morgan fingerprint density at radius 2 is 1.44 bits per heavy atom. The van der Waals surface area contributed by atoms with E-state index in [1.807, 2.05) is 47.4 Å². The molecule has 3 rings (SSSR count). The van der Waals surface area contributed by atoms with Crippen LogP contribution in [0.4, 0.5) is 0 Å². The molecule has 2 aromatic carbocycles. The number of benzene rings is 2. The Bertz CT molecular complexity index is 740. The fourth-order valence-electron chi connectivity index (χ4n) is 3.02. The Hall–Kier alpha value is -2.33. The average Bonchev–Trinajstić information content (AvgIpc) is 2.67. The van der Waals surface area contributed by atoms with Crippen molar-refractivity contribution in [2.24, 2.45) is 0 Å². The van der Waals surface area contributed by atoms with Crippen LogP contribution in [0, 0.1) is 0 Å². The Morgan fingerprint density at radius 1 is 0.840 bits per heavy atom. The summed E-state index contributed by atoms with van der Waals surface area (Å²) in [4.78, 5) is 28.5. The highest BCUT2D eigenvalue weighted by Crippen LogP contribution is 2.18. The van der Waals surface area contributed by atoms with E-state index in [1.165, 1.54) is 5.56 Å². The summed E-state index contributed by atoms with van der Waals surface area (Å²) in [6, 6.07) is 17.1. The van der Waals surface area contributed by atoms with Gasteiger partial charge in [0, 0.05) is 32.6 Å². The summed E-state index contributed by atoms with van der Waals surface area (Å²) in [5.74, 6) is 0.0793. The van der Waals surface area contributed by atoms with E-state index in [2.05, 4.69) is 0 Å². The number of amides is 2. The molecule has 0 saturated carbocycles. The van der Waals surface area contributed by atoms with Crippen molar-refractivity contribution in [1.29, 1.82) is 0 Å². The summed E-state index contributed by atoms with van der Waals surface area (Å²) >= 11 is 6.10. The third kappa shape index (κ3) is 4.40. The van der Waals surface area contributed by atoms with E-state index < -0.39 is 0 Å². The van der Waals surface area contributed by atoms with Gasteiger partial charge in [0.1, 0.15) is 0 Å². The van der Waals surface area contributed by atoms with Crippen LogP contribution < -0.4 is 0 Å². The van der Waals surface area contributed by atoms with Crippen molar-refractivity contribution in [2.45, 2.75) is 12.8 Å². The lowest BCUT2D eigenvalue weighted by atomic mass is 10.1. The lowest BCUT2D eigenvalue weighted by Gasteiger charge is -2.35. The molecule has 1 aliphatic rings. The van der Waals surface area contributed by atoms with Crippen LogP contribution in [0.1, 0.15) is 22.3 Å². The van der Waals surface area contributed by atoms with Gasteiger partial charge in [-0.3, -0.25) is 9.59 Å². The first-order chi connectivity index (χ1) is 12.1. The van der Waals surface area contributed by atoms with Crippen LogP contribution in [-0.2, 0) is 11.2 Å². The fraction of sp³-hybridized carbons (Fsp3) is 0.300. The molecule has 0 aliphatic carbocycles. The summed E-state index contributed by atoms with van der Waals surface area (Å²) in [5, 5.41) is 0.467. The van der Waals surface area contributed by atoms with Crippen LogP contribution >= 0.6 is 11.6 Å². The first-order valence-corrected chi connectivity index (χ1v) is 8.88. The maximum absolute atomic E-state index is 12.5. The number of aryl methyl sites for hydroxylation is 1. The molecule has 0 atom stereocenters. The molecule has 5 heteroatoms. The molecular formula is C20H21ClN2O2. The number of hydrogen-bond donors (Lipinski definition) is 0. The minimum Gasteiger partial charge on any atom is -0.339 e. The second-order valence-electron chi connectivity index (χ2n) is 6.14. The number of rotatable bonds is 4. The summed E-state index contributed by atoms with van der Waals surface area (Å²) in [7, 11) is 0.